The zero-order valence-electron chi connectivity index (χ0n) is 17.4. The highest BCUT2D eigenvalue weighted by molar-refractivity contribution is 5.90. The lowest BCUT2D eigenvalue weighted by Crippen LogP contribution is -2.01. The Morgan fingerprint density at radius 1 is 0.968 bits per heavy atom. The van der Waals surface area contributed by atoms with Crippen LogP contribution < -0.4 is 9.47 Å². The molecule has 0 amide bonds. The van der Waals surface area contributed by atoms with Crippen LogP contribution in [0.15, 0.2) is 72.8 Å². The SMILES string of the molecule is Cc1ccc(COc2cccc3[nH]c(-c4ccc(OCCCC(=O)O)cc4)cc23)cc1. The van der Waals surface area contributed by atoms with Crippen molar-refractivity contribution in [2.75, 3.05) is 6.61 Å². The highest BCUT2D eigenvalue weighted by atomic mass is 16.5. The first kappa shape index (κ1) is 20.5. The molecule has 2 N–H and O–H groups in total. The molecule has 158 valence electrons. The molecule has 0 saturated heterocycles. The van der Waals surface area contributed by atoms with Gasteiger partial charge in [0.25, 0.3) is 0 Å². The summed E-state index contributed by atoms with van der Waals surface area (Å²) >= 11 is 0. The molecule has 0 aliphatic heterocycles. The van der Waals surface area contributed by atoms with Crippen molar-refractivity contribution >= 4 is 16.9 Å². The van der Waals surface area contributed by atoms with Crippen LogP contribution in [0.2, 0.25) is 0 Å². The number of aryl methyl sites for hydroxylation is 1. The van der Waals surface area contributed by atoms with Crippen molar-refractivity contribution < 1.29 is 19.4 Å². The molecule has 0 aliphatic carbocycles. The third-order valence-corrected chi connectivity index (χ3v) is 5.11. The molecule has 5 nitrogen and oxygen atoms in total. The summed E-state index contributed by atoms with van der Waals surface area (Å²) in [5.41, 5.74) is 5.43. The smallest absolute Gasteiger partial charge is 0.303 e. The standard InChI is InChI=1S/C26H25NO4/c1-18-7-9-19(10-8-18)17-31-25-5-2-4-23-22(25)16-24(27-23)20-11-13-21(14-12-20)30-15-3-6-26(28)29/h2,4-5,7-14,16,27H,3,6,15,17H2,1H3,(H,28,29). The van der Waals surface area contributed by atoms with Gasteiger partial charge in [-0.1, -0.05) is 35.9 Å². The van der Waals surface area contributed by atoms with E-state index >= 15 is 0 Å². The highest BCUT2D eigenvalue weighted by Gasteiger charge is 2.09. The lowest BCUT2D eigenvalue weighted by Gasteiger charge is -2.07. The van der Waals surface area contributed by atoms with Crippen LogP contribution in [0.25, 0.3) is 22.2 Å². The number of carboxylic acids is 1. The van der Waals surface area contributed by atoms with E-state index < -0.39 is 5.97 Å². The van der Waals surface area contributed by atoms with Crippen LogP contribution in [-0.4, -0.2) is 22.7 Å². The minimum atomic E-state index is -0.806. The van der Waals surface area contributed by atoms with Gasteiger partial charge in [-0.05, 0) is 66.9 Å². The van der Waals surface area contributed by atoms with E-state index in [9.17, 15) is 4.79 Å². The van der Waals surface area contributed by atoms with E-state index in [-0.39, 0.29) is 6.42 Å². The Hall–Kier alpha value is -3.73. The number of benzene rings is 3. The molecule has 0 unspecified atom stereocenters. The maximum absolute atomic E-state index is 10.6. The summed E-state index contributed by atoms with van der Waals surface area (Å²) < 4.78 is 11.7. The maximum atomic E-state index is 10.6. The average Bonchev–Trinajstić information content (AvgIpc) is 3.22. The topological polar surface area (TPSA) is 71.5 Å². The van der Waals surface area contributed by atoms with Crippen molar-refractivity contribution in [2.45, 2.75) is 26.4 Å². The first-order valence-electron chi connectivity index (χ1n) is 10.3. The number of ether oxygens (including phenoxy) is 2. The van der Waals surface area contributed by atoms with Gasteiger partial charge in [-0.15, -0.1) is 0 Å². The van der Waals surface area contributed by atoms with Gasteiger partial charge < -0.3 is 19.6 Å². The van der Waals surface area contributed by atoms with E-state index in [0.29, 0.717) is 19.6 Å². The molecular formula is C26H25NO4. The lowest BCUT2D eigenvalue weighted by molar-refractivity contribution is -0.137. The summed E-state index contributed by atoms with van der Waals surface area (Å²) in [6.07, 6.45) is 0.603. The molecule has 0 aliphatic rings. The average molecular weight is 415 g/mol. The van der Waals surface area contributed by atoms with E-state index in [4.69, 9.17) is 14.6 Å². The predicted octanol–water partition coefficient (Wildman–Crippen LogP) is 5.97. The molecule has 3 aromatic carbocycles. The van der Waals surface area contributed by atoms with Crippen molar-refractivity contribution in [3.8, 4) is 22.8 Å². The fourth-order valence-corrected chi connectivity index (χ4v) is 3.40. The molecule has 1 heterocycles. The summed E-state index contributed by atoms with van der Waals surface area (Å²) in [5, 5.41) is 9.73. The van der Waals surface area contributed by atoms with Crippen LogP contribution in [-0.2, 0) is 11.4 Å². The van der Waals surface area contributed by atoms with E-state index in [0.717, 1.165) is 39.2 Å². The van der Waals surface area contributed by atoms with Crippen LogP contribution in [0.4, 0.5) is 0 Å². The van der Waals surface area contributed by atoms with Gasteiger partial charge in [-0.25, -0.2) is 0 Å². The molecule has 0 spiro atoms. The lowest BCUT2D eigenvalue weighted by atomic mass is 10.1. The highest BCUT2D eigenvalue weighted by Crippen LogP contribution is 2.31. The van der Waals surface area contributed by atoms with Crippen molar-refractivity contribution in [1.29, 1.82) is 0 Å². The number of rotatable bonds is 9. The first-order valence-corrected chi connectivity index (χ1v) is 10.3. The number of nitrogens with one attached hydrogen (secondary N) is 1. The third-order valence-electron chi connectivity index (χ3n) is 5.11. The molecule has 0 radical (unpaired) electrons. The van der Waals surface area contributed by atoms with Gasteiger partial charge >= 0.3 is 5.97 Å². The summed E-state index contributed by atoms with van der Waals surface area (Å²) in [5.74, 6) is 0.770. The van der Waals surface area contributed by atoms with Crippen LogP contribution in [0.1, 0.15) is 24.0 Å². The van der Waals surface area contributed by atoms with E-state index in [2.05, 4.69) is 42.2 Å². The summed E-state index contributed by atoms with van der Waals surface area (Å²) in [6, 6.07) is 24.2. The second-order valence-electron chi connectivity index (χ2n) is 7.54. The second kappa shape index (κ2) is 9.39. The van der Waals surface area contributed by atoms with Gasteiger partial charge in [0.15, 0.2) is 0 Å². The van der Waals surface area contributed by atoms with Crippen molar-refractivity contribution in [3.63, 3.8) is 0 Å². The number of hydrogen-bond donors (Lipinski definition) is 2. The van der Waals surface area contributed by atoms with Gasteiger partial charge in [0.1, 0.15) is 18.1 Å². The van der Waals surface area contributed by atoms with Crippen molar-refractivity contribution in [3.05, 3.63) is 83.9 Å². The van der Waals surface area contributed by atoms with Crippen molar-refractivity contribution in [1.82, 2.24) is 4.98 Å². The van der Waals surface area contributed by atoms with Crippen LogP contribution >= 0.6 is 0 Å². The minimum Gasteiger partial charge on any atom is -0.494 e. The molecule has 0 fully saturated rings. The van der Waals surface area contributed by atoms with Crippen LogP contribution in [0.5, 0.6) is 11.5 Å². The summed E-state index contributed by atoms with van der Waals surface area (Å²) in [7, 11) is 0. The zero-order chi connectivity index (χ0) is 21.6. The van der Waals surface area contributed by atoms with Gasteiger partial charge in [0, 0.05) is 23.0 Å². The van der Waals surface area contributed by atoms with Crippen molar-refractivity contribution in [2.24, 2.45) is 0 Å². The quantitative estimate of drug-likeness (QED) is 0.331. The number of H-pyrrole nitrogens is 1. The normalized spacial score (nSPS) is 10.9. The predicted molar refractivity (Wildman–Crippen MR) is 122 cm³/mol. The van der Waals surface area contributed by atoms with Crippen LogP contribution in [0, 0.1) is 6.92 Å². The Balaban J connectivity index is 1.45. The number of aromatic amines is 1. The molecule has 0 atom stereocenters. The van der Waals surface area contributed by atoms with Gasteiger partial charge in [0.05, 0.1) is 6.61 Å². The fourth-order valence-electron chi connectivity index (χ4n) is 3.40. The van der Waals surface area contributed by atoms with E-state index in [1.54, 1.807) is 0 Å². The third kappa shape index (κ3) is 5.25. The Morgan fingerprint density at radius 2 is 1.74 bits per heavy atom. The summed E-state index contributed by atoms with van der Waals surface area (Å²) in [6.45, 7) is 2.98. The molecule has 0 bridgehead atoms. The number of aliphatic carboxylic acids is 1. The Morgan fingerprint density at radius 3 is 2.48 bits per heavy atom. The number of hydrogen-bond acceptors (Lipinski definition) is 3. The van der Waals surface area contributed by atoms with E-state index in [1.807, 2.05) is 42.5 Å². The van der Waals surface area contributed by atoms with Gasteiger partial charge in [0.2, 0.25) is 0 Å². The van der Waals surface area contributed by atoms with E-state index in [1.165, 1.54) is 5.56 Å². The van der Waals surface area contributed by atoms with Gasteiger partial charge in [-0.2, -0.15) is 0 Å². The monoisotopic (exact) mass is 415 g/mol. The molecule has 5 heteroatoms. The molecule has 31 heavy (non-hydrogen) atoms. The number of fused-ring (bicyclic) bond motifs is 1. The summed E-state index contributed by atoms with van der Waals surface area (Å²) in [4.78, 5) is 14.0. The fraction of sp³-hybridized carbons (Fsp3) is 0.192. The minimum absolute atomic E-state index is 0.113. The molecule has 1 aromatic heterocycles. The Bertz CT molecular complexity index is 1160. The molecule has 4 rings (SSSR count). The Labute approximate surface area is 181 Å². The maximum Gasteiger partial charge on any atom is 0.303 e. The molecule has 4 aromatic rings. The number of carboxylic acid groups (broad SMARTS) is 1. The van der Waals surface area contributed by atoms with Gasteiger partial charge in [-0.3, -0.25) is 4.79 Å². The number of carbonyl (C=O) groups is 1. The van der Waals surface area contributed by atoms with Crippen LogP contribution in [0.3, 0.4) is 0 Å². The Kier molecular flexibility index (Phi) is 6.22. The molecule has 0 saturated carbocycles. The number of aromatic nitrogens is 1. The second-order valence-corrected chi connectivity index (χ2v) is 7.54. The molecular weight excluding hydrogens is 390 g/mol. The largest absolute Gasteiger partial charge is 0.494 e. The zero-order valence-corrected chi connectivity index (χ0v) is 17.4. The first-order chi connectivity index (χ1) is 15.1.